The monoisotopic (exact) mass is 132 g/mol. The van der Waals surface area contributed by atoms with Gasteiger partial charge in [-0.15, -0.1) is 0 Å². The zero-order chi connectivity index (χ0) is 7.72. The van der Waals surface area contributed by atoms with Crippen LogP contribution in [0.1, 0.15) is 11.1 Å². The first-order chi connectivity index (χ1) is 4.72. The maximum atomic E-state index is 10.4. The van der Waals surface area contributed by atoms with Crippen molar-refractivity contribution in [2.24, 2.45) is 0 Å². The van der Waals surface area contributed by atoms with Gasteiger partial charge in [0.05, 0.1) is 0 Å². The van der Waals surface area contributed by atoms with Crippen LogP contribution in [0, 0.1) is 22.7 Å². The largest absolute Gasteiger partial charge is 0.284 e. The second-order valence-corrected chi connectivity index (χ2v) is 1.63. The predicted molar refractivity (Wildman–Crippen MR) is 30.8 cm³/mol. The average molecular weight is 132 g/mol. The van der Waals surface area contributed by atoms with E-state index in [1.165, 1.54) is 12.1 Å². The predicted octanol–water partition coefficient (Wildman–Crippen LogP) is -0.974. The lowest BCUT2D eigenvalue weighted by Crippen LogP contribution is -2.37. The van der Waals surface area contributed by atoms with Crippen LogP contribution in [0.2, 0.25) is 0 Å². The lowest BCUT2D eigenvalue weighted by Gasteiger charge is -1.90. The number of hydrogen-bond acceptors (Lipinski definition) is 4. The molecule has 0 unspecified atom stereocenters. The molecule has 0 radical (unpaired) electrons. The summed E-state index contributed by atoms with van der Waals surface area (Å²) in [6.45, 7) is 0. The Hall–Kier alpha value is -1.94. The molecule has 0 amide bonds. The molecule has 1 rings (SSSR count). The molecule has 1 aromatic carbocycles. The zero-order valence-corrected chi connectivity index (χ0v) is 4.71. The zero-order valence-electron chi connectivity index (χ0n) is 4.71. The summed E-state index contributed by atoms with van der Waals surface area (Å²) in [7, 11) is 0. The van der Waals surface area contributed by atoms with Crippen molar-refractivity contribution >= 4 is 0 Å². The molecule has 0 fully saturated rings. The molecule has 4 nitrogen and oxygen atoms in total. The van der Waals surface area contributed by atoms with Gasteiger partial charge in [0.25, 0.3) is 0 Å². The van der Waals surface area contributed by atoms with Gasteiger partial charge < -0.3 is 0 Å². The lowest BCUT2D eigenvalue weighted by atomic mass is 10.0. The van der Waals surface area contributed by atoms with Crippen molar-refractivity contribution in [3.63, 3.8) is 0 Å². The highest BCUT2D eigenvalue weighted by molar-refractivity contribution is 5.49. The third-order valence-electron chi connectivity index (χ3n) is 1.13. The van der Waals surface area contributed by atoms with Crippen molar-refractivity contribution < 1.29 is 0 Å². The fraction of sp³-hybridized carbons (Fsp3) is 0. The Morgan fingerprint density at radius 1 is 0.900 bits per heavy atom. The van der Waals surface area contributed by atoms with Gasteiger partial charge in [-0.1, -0.05) is 0 Å². The van der Waals surface area contributed by atoms with E-state index >= 15 is 0 Å². The summed E-state index contributed by atoms with van der Waals surface area (Å²) in [5, 5.41) is 16.3. The van der Waals surface area contributed by atoms with E-state index in [0.29, 0.717) is 0 Å². The van der Waals surface area contributed by atoms with Crippen molar-refractivity contribution in [1.29, 1.82) is 10.5 Å². The van der Waals surface area contributed by atoms with Crippen LogP contribution in [0.4, 0.5) is 0 Å². The van der Waals surface area contributed by atoms with Gasteiger partial charge in [0.1, 0.15) is 23.3 Å². The van der Waals surface area contributed by atoms with Gasteiger partial charge in [0.15, 0.2) is 0 Å². The molecule has 0 aliphatic rings. The van der Waals surface area contributed by atoms with Crippen LogP contribution in [0.5, 0.6) is 0 Å². The highest BCUT2D eigenvalue weighted by atomic mass is 16.2. The molecular weight excluding hydrogens is 132 g/mol. The minimum absolute atomic E-state index is 0.312. The molecule has 46 valence electrons. The first-order valence-electron chi connectivity index (χ1n) is 2.36. The van der Waals surface area contributed by atoms with E-state index in [0.717, 1.165) is 0 Å². The Morgan fingerprint density at radius 3 is 1.40 bits per heavy atom. The smallest absolute Gasteiger partial charge is 0.246 e. The van der Waals surface area contributed by atoms with Crippen molar-refractivity contribution in [1.82, 2.24) is 0 Å². The summed E-state index contributed by atoms with van der Waals surface area (Å²) >= 11 is 0. The van der Waals surface area contributed by atoms with Gasteiger partial charge >= 0.3 is 0 Å². The summed E-state index contributed by atoms with van der Waals surface area (Å²) in [5.74, 6) is 0. The van der Waals surface area contributed by atoms with E-state index in [1.54, 1.807) is 0 Å². The van der Waals surface area contributed by atoms with Gasteiger partial charge in [-0.25, -0.2) is 0 Å². The molecule has 0 bridgehead atoms. The van der Waals surface area contributed by atoms with Crippen molar-refractivity contribution in [2.75, 3.05) is 0 Å². The first-order valence-corrected chi connectivity index (χ1v) is 2.36. The maximum absolute atomic E-state index is 10.4. The van der Waals surface area contributed by atoms with Gasteiger partial charge in [0.2, 0.25) is 10.9 Å². The number of nitriles is 2. The van der Waals surface area contributed by atoms with E-state index in [4.69, 9.17) is 10.5 Å². The Balaban J connectivity index is 3.52. The Labute approximate surface area is 55.2 Å². The molecule has 0 N–H and O–H groups in total. The molecule has 4 heteroatoms. The number of rotatable bonds is 0. The van der Waals surface area contributed by atoms with Gasteiger partial charge in [-0.2, -0.15) is 10.5 Å². The highest BCUT2D eigenvalue weighted by Gasteiger charge is 2.19. The average Bonchev–Trinajstić information content (AvgIpc) is 1.97. The summed E-state index contributed by atoms with van der Waals surface area (Å²) < 4.78 is 0. The maximum Gasteiger partial charge on any atom is 0.246 e. The molecule has 0 spiro atoms. The molecule has 10 heavy (non-hydrogen) atoms. The Kier molecular flexibility index (Phi) is 1.10. The molecular formula is C6N2O2. The van der Waals surface area contributed by atoms with Crippen LogP contribution in [0.3, 0.4) is 0 Å². The topological polar surface area (TPSA) is 81.7 Å². The van der Waals surface area contributed by atoms with Gasteiger partial charge in [-0.3, -0.25) is 9.59 Å². The molecule has 0 saturated heterocycles. The highest BCUT2D eigenvalue weighted by Crippen LogP contribution is 1.93. The third kappa shape index (κ3) is 0.476. The van der Waals surface area contributed by atoms with E-state index in [1.807, 2.05) is 0 Å². The molecule has 0 heterocycles. The van der Waals surface area contributed by atoms with E-state index in [-0.39, 0.29) is 11.1 Å². The minimum Gasteiger partial charge on any atom is -0.284 e. The molecule has 0 atom stereocenters. The quantitative estimate of drug-likeness (QED) is 0.425. The van der Waals surface area contributed by atoms with Crippen LogP contribution in [0.15, 0.2) is 9.59 Å². The normalized spacial score (nSPS) is 8.60. The Morgan fingerprint density at radius 2 is 1.20 bits per heavy atom. The summed E-state index contributed by atoms with van der Waals surface area (Å²) in [4.78, 5) is 20.8. The van der Waals surface area contributed by atoms with Crippen LogP contribution in [-0.2, 0) is 0 Å². The molecule has 0 saturated carbocycles. The fourth-order valence-electron chi connectivity index (χ4n) is 0.605. The molecule has 0 aliphatic heterocycles. The number of nitrogens with zero attached hydrogens (tertiary/aromatic N) is 2. The summed E-state index contributed by atoms with van der Waals surface area (Å²) in [6.07, 6.45) is 0. The lowest BCUT2D eigenvalue weighted by molar-refractivity contribution is 1.28. The van der Waals surface area contributed by atoms with E-state index in [9.17, 15) is 9.59 Å². The SMILES string of the molecule is N#Cc1c(C#N)c(=O)c1=O. The van der Waals surface area contributed by atoms with E-state index < -0.39 is 10.9 Å². The van der Waals surface area contributed by atoms with Crippen LogP contribution >= 0.6 is 0 Å². The van der Waals surface area contributed by atoms with Crippen LogP contribution in [0.25, 0.3) is 0 Å². The van der Waals surface area contributed by atoms with Crippen molar-refractivity contribution in [2.45, 2.75) is 0 Å². The first kappa shape index (κ1) is 6.18. The molecule has 1 aromatic rings. The van der Waals surface area contributed by atoms with Crippen LogP contribution < -0.4 is 10.9 Å². The Bertz CT molecular complexity index is 382. The van der Waals surface area contributed by atoms with Crippen molar-refractivity contribution in [3.8, 4) is 12.1 Å². The van der Waals surface area contributed by atoms with Crippen LogP contribution in [-0.4, -0.2) is 0 Å². The fourth-order valence-corrected chi connectivity index (χ4v) is 0.605. The molecule has 0 aliphatic carbocycles. The standard InChI is InChI=1S/C6N2O2/c7-1-3-4(2-8)6(10)5(3)9. The minimum atomic E-state index is -0.848. The summed E-state index contributed by atoms with van der Waals surface area (Å²) in [6, 6.07) is 2.94. The van der Waals surface area contributed by atoms with Gasteiger partial charge in [-0.05, 0) is 0 Å². The third-order valence-corrected chi connectivity index (χ3v) is 1.13. The second kappa shape index (κ2) is 1.78. The molecule has 0 aromatic heterocycles. The second-order valence-electron chi connectivity index (χ2n) is 1.63. The summed E-state index contributed by atoms with van der Waals surface area (Å²) in [5.41, 5.74) is -2.32. The number of hydrogen-bond donors (Lipinski definition) is 0. The van der Waals surface area contributed by atoms with Gasteiger partial charge in [0, 0.05) is 0 Å². The van der Waals surface area contributed by atoms with Crippen molar-refractivity contribution in [3.05, 3.63) is 31.6 Å². The van der Waals surface area contributed by atoms with E-state index in [2.05, 4.69) is 0 Å².